The summed E-state index contributed by atoms with van der Waals surface area (Å²) in [7, 11) is 1.90. The fourth-order valence-corrected chi connectivity index (χ4v) is 6.57. The summed E-state index contributed by atoms with van der Waals surface area (Å²) in [5.74, 6) is -0.423. The van der Waals surface area contributed by atoms with Crippen LogP contribution in [0.5, 0.6) is 0 Å². The first-order chi connectivity index (χ1) is 18.0. The van der Waals surface area contributed by atoms with Gasteiger partial charge in [0, 0.05) is 42.4 Å². The van der Waals surface area contributed by atoms with E-state index in [9.17, 15) is 23.1 Å². The van der Waals surface area contributed by atoms with Crippen LogP contribution in [-0.2, 0) is 24.8 Å². The number of aromatic nitrogens is 1. The van der Waals surface area contributed by atoms with E-state index in [1.807, 2.05) is 79.5 Å². The summed E-state index contributed by atoms with van der Waals surface area (Å²) < 4.78 is 41.9. The van der Waals surface area contributed by atoms with Crippen LogP contribution in [0.3, 0.4) is 0 Å². The molecule has 1 saturated carbocycles. The van der Waals surface area contributed by atoms with Crippen molar-refractivity contribution in [2.75, 3.05) is 13.6 Å². The molecular formula is C31H33F3N2O2. The van der Waals surface area contributed by atoms with Gasteiger partial charge in [-0.1, -0.05) is 48.5 Å². The van der Waals surface area contributed by atoms with Crippen LogP contribution < -0.4 is 0 Å². The number of pyridine rings is 1. The molecule has 0 bridgehead atoms. The van der Waals surface area contributed by atoms with Gasteiger partial charge in [-0.15, -0.1) is 0 Å². The number of nitrogens with zero attached hydrogens (tertiary/aromatic N) is 2. The van der Waals surface area contributed by atoms with Crippen LogP contribution in [0.25, 0.3) is 0 Å². The van der Waals surface area contributed by atoms with E-state index in [1.54, 1.807) is 6.20 Å². The van der Waals surface area contributed by atoms with Gasteiger partial charge in [0.1, 0.15) is 0 Å². The van der Waals surface area contributed by atoms with Gasteiger partial charge >= 0.3 is 6.18 Å². The minimum Gasteiger partial charge on any atom is -0.380 e. The summed E-state index contributed by atoms with van der Waals surface area (Å²) in [6.07, 6.45) is -2.63. The Morgan fingerprint density at radius 1 is 1.11 bits per heavy atom. The number of alkyl halides is 3. The Labute approximate surface area is 221 Å². The van der Waals surface area contributed by atoms with Crippen molar-refractivity contribution in [1.29, 1.82) is 0 Å². The summed E-state index contributed by atoms with van der Waals surface area (Å²) in [6.45, 7) is 2.84. The van der Waals surface area contributed by atoms with E-state index in [0.717, 1.165) is 27.9 Å². The molecule has 0 spiro atoms. The maximum absolute atomic E-state index is 14.0. The first kappa shape index (κ1) is 26.6. The highest BCUT2D eigenvalue weighted by atomic mass is 19.4. The number of carbonyl (C=O) groups excluding carboxylic acids is 1. The predicted molar refractivity (Wildman–Crippen MR) is 140 cm³/mol. The summed E-state index contributed by atoms with van der Waals surface area (Å²) in [6, 6.07) is 19.3. The maximum atomic E-state index is 14.0. The van der Waals surface area contributed by atoms with Crippen molar-refractivity contribution in [2.24, 2.45) is 5.92 Å². The first-order valence-electron chi connectivity index (χ1n) is 13.1. The van der Waals surface area contributed by atoms with Crippen molar-refractivity contribution in [1.82, 2.24) is 9.88 Å². The topological polar surface area (TPSA) is 53.4 Å². The fourth-order valence-electron chi connectivity index (χ4n) is 6.57. The van der Waals surface area contributed by atoms with Crippen molar-refractivity contribution in [3.8, 4) is 0 Å². The van der Waals surface area contributed by atoms with E-state index in [1.165, 1.54) is 0 Å². The Hall–Kier alpha value is -3.03. The molecule has 0 unspecified atom stereocenters. The van der Waals surface area contributed by atoms with Gasteiger partial charge < -0.3 is 10.0 Å². The highest BCUT2D eigenvalue weighted by Crippen LogP contribution is 2.55. The second-order valence-electron chi connectivity index (χ2n) is 11.2. The summed E-state index contributed by atoms with van der Waals surface area (Å²) >= 11 is 0. The van der Waals surface area contributed by atoms with Gasteiger partial charge in [0.15, 0.2) is 11.4 Å². The molecule has 0 amide bonds. The number of rotatable bonds is 5. The van der Waals surface area contributed by atoms with E-state index >= 15 is 0 Å². The maximum Gasteiger partial charge on any atom is 0.417 e. The van der Waals surface area contributed by atoms with Crippen LogP contribution in [0.4, 0.5) is 13.2 Å². The highest BCUT2D eigenvalue weighted by molar-refractivity contribution is 5.97. The van der Waals surface area contributed by atoms with Crippen LogP contribution in [0.1, 0.15) is 57.6 Å². The van der Waals surface area contributed by atoms with Crippen molar-refractivity contribution < 1.29 is 23.1 Å². The normalized spacial score (nSPS) is 25.8. The Bertz CT molecular complexity index is 1330. The molecule has 1 aromatic heterocycles. The van der Waals surface area contributed by atoms with Crippen LogP contribution in [0, 0.1) is 12.8 Å². The number of benzene rings is 2. The van der Waals surface area contributed by atoms with E-state index in [-0.39, 0.29) is 31.5 Å². The lowest BCUT2D eigenvalue weighted by Crippen LogP contribution is -2.57. The number of aryl methyl sites for hydroxylation is 1. The fraction of sp³-hybridized carbons (Fsp3) is 0.419. The Morgan fingerprint density at radius 2 is 1.87 bits per heavy atom. The van der Waals surface area contributed by atoms with Gasteiger partial charge in [-0.25, -0.2) is 0 Å². The minimum atomic E-state index is -4.68. The number of hydrogen-bond acceptors (Lipinski definition) is 4. The zero-order valence-corrected chi connectivity index (χ0v) is 21.8. The van der Waals surface area contributed by atoms with Crippen molar-refractivity contribution in [2.45, 2.75) is 62.8 Å². The average Bonchev–Trinajstić information content (AvgIpc) is 2.98. The average molecular weight is 523 g/mol. The molecule has 3 atom stereocenters. The zero-order chi connectivity index (χ0) is 27.1. The first-order valence-corrected chi connectivity index (χ1v) is 13.1. The molecule has 1 aliphatic carbocycles. The van der Waals surface area contributed by atoms with Crippen molar-refractivity contribution in [3.63, 3.8) is 0 Å². The number of halogens is 3. The monoisotopic (exact) mass is 522 g/mol. The number of carbonyl (C=O) groups is 1. The smallest absolute Gasteiger partial charge is 0.380 e. The summed E-state index contributed by atoms with van der Waals surface area (Å²) in [5, 5.41) is 10.7. The zero-order valence-electron chi connectivity index (χ0n) is 21.8. The molecule has 2 heterocycles. The largest absolute Gasteiger partial charge is 0.417 e. The van der Waals surface area contributed by atoms with Gasteiger partial charge in [-0.2, -0.15) is 13.2 Å². The number of fused-ring (bicyclic) bond motifs is 3. The van der Waals surface area contributed by atoms with Crippen LogP contribution in [0.2, 0.25) is 0 Å². The molecule has 2 aromatic carbocycles. The van der Waals surface area contributed by atoms with E-state index in [2.05, 4.69) is 4.98 Å². The van der Waals surface area contributed by atoms with Crippen LogP contribution >= 0.6 is 0 Å². The van der Waals surface area contributed by atoms with Gasteiger partial charge in [0.05, 0.1) is 0 Å². The van der Waals surface area contributed by atoms with E-state index in [4.69, 9.17) is 0 Å². The Balaban J connectivity index is 1.57. The second kappa shape index (κ2) is 9.93. The molecule has 1 fully saturated rings. The number of ketones is 1. The van der Waals surface area contributed by atoms with E-state index in [0.29, 0.717) is 25.1 Å². The quantitative estimate of drug-likeness (QED) is 0.428. The molecule has 0 saturated heterocycles. The lowest BCUT2D eigenvalue weighted by molar-refractivity contribution is -0.279. The molecule has 38 heavy (non-hydrogen) atoms. The minimum absolute atomic E-state index is 0.0143. The molecule has 7 heteroatoms. The molecule has 1 aliphatic heterocycles. The number of Topliss-reactive ketones (excluding diaryl/α,β-unsaturated/α-hetero) is 1. The molecule has 3 aromatic rings. The van der Waals surface area contributed by atoms with Gasteiger partial charge in [-0.05, 0) is 80.0 Å². The van der Waals surface area contributed by atoms with Crippen molar-refractivity contribution >= 4 is 5.78 Å². The standard InChI is InChI=1S/C31H33F3N2O2/c1-21-23(9-6-14-35-21)16-28(37)24-10-11-27-25(15-24)19-36(2)20-26-18-30(38,31(32,33)34)13-12-29(26,27)17-22-7-4-3-5-8-22/h3-11,14-15,26,38H,12-13,16-20H2,1-2H3/t26-,29-,30+/m0/s1. The highest BCUT2D eigenvalue weighted by Gasteiger charge is 2.61. The van der Waals surface area contributed by atoms with Crippen LogP contribution in [-0.4, -0.2) is 46.1 Å². The lowest BCUT2D eigenvalue weighted by Gasteiger charge is -2.51. The summed E-state index contributed by atoms with van der Waals surface area (Å²) in [5.41, 5.74) is 2.03. The SMILES string of the molecule is Cc1ncccc1CC(=O)c1ccc2c(c1)CN(C)C[C@@H]1C[C@@](O)(C(F)(F)F)CC[C@@]21Cc1ccccc1. The molecule has 5 rings (SSSR count). The lowest BCUT2D eigenvalue weighted by atomic mass is 9.56. The predicted octanol–water partition coefficient (Wildman–Crippen LogP) is 5.83. The van der Waals surface area contributed by atoms with Gasteiger partial charge in [-0.3, -0.25) is 9.78 Å². The van der Waals surface area contributed by atoms with Crippen LogP contribution in [0.15, 0.2) is 66.9 Å². The van der Waals surface area contributed by atoms with Gasteiger partial charge in [0.2, 0.25) is 0 Å². The molecule has 4 nitrogen and oxygen atoms in total. The molecule has 2 aliphatic rings. The second-order valence-corrected chi connectivity index (χ2v) is 11.2. The third kappa shape index (κ3) is 4.90. The van der Waals surface area contributed by atoms with Gasteiger partial charge in [0.25, 0.3) is 0 Å². The molecule has 0 radical (unpaired) electrons. The number of hydrogen-bond donors (Lipinski definition) is 1. The third-order valence-corrected chi connectivity index (χ3v) is 8.64. The summed E-state index contributed by atoms with van der Waals surface area (Å²) in [4.78, 5) is 19.6. The number of aliphatic hydroxyl groups is 1. The Morgan fingerprint density at radius 3 is 2.58 bits per heavy atom. The third-order valence-electron chi connectivity index (χ3n) is 8.64. The molecule has 200 valence electrons. The molecular weight excluding hydrogens is 489 g/mol. The molecule has 1 N–H and O–H groups in total. The van der Waals surface area contributed by atoms with E-state index < -0.39 is 23.1 Å². The van der Waals surface area contributed by atoms with Crippen molar-refractivity contribution in [3.05, 3.63) is 100 Å². The Kier molecular flexibility index (Phi) is 6.95.